The standard InChI is InChI=1S/C15H16Cl2N2O/c1-19(2)12-4-6-14(18)15(8-12)20-9-10-7-11(16)3-5-13(10)17/h3-8H,9,18H2,1-2H3. The number of hydrogen-bond acceptors (Lipinski definition) is 3. The van der Waals surface area contributed by atoms with Gasteiger partial charge in [0.05, 0.1) is 5.69 Å². The zero-order valence-electron chi connectivity index (χ0n) is 11.4. The molecule has 0 aliphatic rings. The Morgan fingerprint density at radius 1 is 1.10 bits per heavy atom. The van der Waals surface area contributed by atoms with E-state index >= 15 is 0 Å². The summed E-state index contributed by atoms with van der Waals surface area (Å²) in [6, 6.07) is 10.9. The second kappa shape index (κ2) is 6.25. The molecule has 2 N–H and O–H groups in total. The third kappa shape index (κ3) is 3.50. The Labute approximate surface area is 128 Å². The fraction of sp³-hybridized carbons (Fsp3) is 0.200. The molecule has 0 heterocycles. The number of nitrogen functional groups attached to an aromatic ring is 1. The van der Waals surface area contributed by atoms with E-state index in [2.05, 4.69) is 0 Å². The first-order chi connectivity index (χ1) is 9.47. The topological polar surface area (TPSA) is 38.5 Å². The number of nitrogens with two attached hydrogens (primary N) is 1. The fourth-order valence-electron chi connectivity index (χ4n) is 1.74. The quantitative estimate of drug-likeness (QED) is 0.859. The van der Waals surface area contributed by atoms with Crippen molar-refractivity contribution in [1.82, 2.24) is 0 Å². The molecule has 20 heavy (non-hydrogen) atoms. The van der Waals surface area contributed by atoms with Gasteiger partial charge in [0.15, 0.2) is 0 Å². The van der Waals surface area contributed by atoms with Crippen LogP contribution in [0.15, 0.2) is 36.4 Å². The Balaban J connectivity index is 2.18. The number of halogens is 2. The lowest BCUT2D eigenvalue weighted by atomic mass is 10.2. The number of rotatable bonds is 4. The Kier molecular flexibility index (Phi) is 4.63. The van der Waals surface area contributed by atoms with E-state index in [9.17, 15) is 0 Å². The maximum Gasteiger partial charge on any atom is 0.144 e. The van der Waals surface area contributed by atoms with Crippen LogP contribution >= 0.6 is 23.2 Å². The molecule has 0 aromatic heterocycles. The van der Waals surface area contributed by atoms with E-state index in [0.717, 1.165) is 11.3 Å². The van der Waals surface area contributed by atoms with Crippen molar-refractivity contribution in [1.29, 1.82) is 0 Å². The number of nitrogens with zero attached hydrogens (tertiary/aromatic N) is 1. The number of anilines is 2. The average Bonchev–Trinajstić information content (AvgIpc) is 2.41. The molecule has 3 nitrogen and oxygen atoms in total. The van der Waals surface area contributed by atoms with Crippen LogP contribution in [0.3, 0.4) is 0 Å². The minimum atomic E-state index is 0.320. The highest BCUT2D eigenvalue weighted by atomic mass is 35.5. The van der Waals surface area contributed by atoms with Gasteiger partial charge < -0.3 is 15.4 Å². The molecule has 0 atom stereocenters. The maximum atomic E-state index is 6.11. The van der Waals surface area contributed by atoms with E-state index in [1.165, 1.54) is 0 Å². The molecule has 0 saturated carbocycles. The van der Waals surface area contributed by atoms with Crippen LogP contribution in [0.1, 0.15) is 5.56 Å². The molecule has 2 aromatic carbocycles. The first kappa shape index (κ1) is 14.8. The van der Waals surface area contributed by atoms with Crippen molar-refractivity contribution in [3.63, 3.8) is 0 Å². The van der Waals surface area contributed by atoms with Gasteiger partial charge in [-0.15, -0.1) is 0 Å². The summed E-state index contributed by atoms with van der Waals surface area (Å²) in [5.74, 6) is 0.632. The van der Waals surface area contributed by atoms with Crippen molar-refractivity contribution in [3.8, 4) is 5.75 Å². The summed E-state index contributed by atoms with van der Waals surface area (Å²) in [5.41, 5.74) is 8.36. The summed E-state index contributed by atoms with van der Waals surface area (Å²) in [7, 11) is 3.92. The molecule has 106 valence electrons. The third-order valence-electron chi connectivity index (χ3n) is 2.90. The molecular formula is C15H16Cl2N2O. The second-order valence-electron chi connectivity index (χ2n) is 4.64. The molecule has 0 spiro atoms. The highest BCUT2D eigenvalue weighted by Gasteiger charge is 2.07. The van der Waals surface area contributed by atoms with Crippen LogP contribution in [0.25, 0.3) is 0 Å². The molecule has 5 heteroatoms. The monoisotopic (exact) mass is 310 g/mol. The first-order valence-electron chi connectivity index (χ1n) is 6.11. The summed E-state index contributed by atoms with van der Waals surface area (Å²) >= 11 is 12.1. The van der Waals surface area contributed by atoms with Gasteiger partial charge >= 0.3 is 0 Å². The van der Waals surface area contributed by atoms with Gasteiger partial charge in [-0.25, -0.2) is 0 Å². The van der Waals surface area contributed by atoms with Gasteiger partial charge in [0, 0.05) is 41.5 Å². The predicted octanol–water partition coefficient (Wildman–Crippen LogP) is 4.22. The predicted molar refractivity (Wildman–Crippen MR) is 86.0 cm³/mol. The molecule has 2 aromatic rings. The summed E-state index contributed by atoms with van der Waals surface area (Å²) < 4.78 is 5.75. The van der Waals surface area contributed by atoms with Crippen LogP contribution in [0, 0.1) is 0 Å². The zero-order valence-corrected chi connectivity index (χ0v) is 12.9. The van der Waals surface area contributed by atoms with E-state index in [-0.39, 0.29) is 0 Å². The zero-order chi connectivity index (χ0) is 14.7. The molecule has 0 aliphatic carbocycles. The van der Waals surface area contributed by atoms with Gasteiger partial charge in [-0.3, -0.25) is 0 Å². The minimum Gasteiger partial charge on any atom is -0.487 e. The molecule has 0 amide bonds. The molecule has 0 saturated heterocycles. The SMILES string of the molecule is CN(C)c1ccc(N)c(OCc2cc(Cl)ccc2Cl)c1. The van der Waals surface area contributed by atoms with Gasteiger partial charge in [0.2, 0.25) is 0 Å². The van der Waals surface area contributed by atoms with Crippen LogP contribution < -0.4 is 15.4 Å². The molecule has 0 fully saturated rings. The smallest absolute Gasteiger partial charge is 0.144 e. The van der Waals surface area contributed by atoms with Crippen LogP contribution in [-0.4, -0.2) is 14.1 Å². The second-order valence-corrected chi connectivity index (χ2v) is 5.48. The van der Waals surface area contributed by atoms with Crippen molar-refractivity contribution in [2.45, 2.75) is 6.61 Å². The first-order valence-corrected chi connectivity index (χ1v) is 6.86. The lowest BCUT2D eigenvalue weighted by Crippen LogP contribution is -2.09. The molecule has 0 radical (unpaired) electrons. The van der Waals surface area contributed by atoms with E-state index in [4.69, 9.17) is 33.7 Å². The van der Waals surface area contributed by atoms with Gasteiger partial charge in [0.1, 0.15) is 12.4 Å². The normalized spacial score (nSPS) is 10.4. The number of ether oxygens (including phenoxy) is 1. The molecule has 0 aliphatic heterocycles. The van der Waals surface area contributed by atoms with E-state index < -0.39 is 0 Å². The third-order valence-corrected chi connectivity index (χ3v) is 3.51. The highest BCUT2D eigenvalue weighted by Crippen LogP contribution is 2.29. The lowest BCUT2D eigenvalue weighted by molar-refractivity contribution is 0.308. The van der Waals surface area contributed by atoms with Crippen LogP contribution in [-0.2, 0) is 6.61 Å². The maximum absolute atomic E-state index is 6.11. The molecule has 2 rings (SSSR count). The summed E-state index contributed by atoms with van der Waals surface area (Å²) in [6.07, 6.45) is 0. The molecule has 0 unspecified atom stereocenters. The Hall–Kier alpha value is -1.58. The Morgan fingerprint density at radius 2 is 1.85 bits per heavy atom. The lowest BCUT2D eigenvalue weighted by Gasteiger charge is -2.16. The average molecular weight is 311 g/mol. The molecular weight excluding hydrogens is 295 g/mol. The van der Waals surface area contributed by atoms with Crippen molar-refractivity contribution in [2.75, 3.05) is 24.7 Å². The van der Waals surface area contributed by atoms with E-state index in [1.54, 1.807) is 18.2 Å². The minimum absolute atomic E-state index is 0.320. The number of hydrogen-bond donors (Lipinski definition) is 1. The van der Waals surface area contributed by atoms with Gasteiger partial charge in [-0.1, -0.05) is 23.2 Å². The van der Waals surface area contributed by atoms with Crippen molar-refractivity contribution in [3.05, 3.63) is 52.0 Å². The van der Waals surface area contributed by atoms with Gasteiger partial charge in [-0.05, 0) is 30.3 Å². The summed E-state index contributed by atoms with van der Waals surface area (Å²) in [5, 5.41) is 1.25. The summed E-state index contributed by atoms with van der Waals surface area (Å²) in [4.78, 5) is 1.98. The van der Waals surface area contributed by atoms with Crippen LogP contribution in [0.5, 0.6) is 5.75 Å². The largest absolute Gasteiger partial charge is 0.487 e. The van der Waals surface area contributed by atoms with Crippen LogP contribution in [0.4, 0.5) is 11.4 Å². The van der Waals surface area contributed by atoms with E-state index in [1.807, 2.05) is 37.2 Å². The van der Waals surface area contributed by atoms with Crippen LogP contribution in [0.2, 0.25) is 10.0 Å². The highest BCUT2D eigenvalue weighted by molar-refractivity contribution is 6.33. The van der Waals surface area contributed by atoms with Crippen molar-refractivity contribution in [2.24, 2.45) is 0 Å². The van der Waals surface area contributed by atoms with Crippen molar-refractivity contribution >= 4 is 34.6 Å². The van der Waals surface area contributed by atoms with Crippen molar-refractivity contribution < 1.29 is 4.74 Å². The Bertz CT molecular complexity index is 615. The fourth-order valence-corrected chi connectivity index (χ4v) is 2.10. The van der Waals surface area contributed by atoms with Gasteiger partial charge in [-0.2, -0.15) is 0 Å². The molecule has 0 bridgehead atoms. The Morgan fingerprint density at radius 3 is 2.55 bits per heavy atom. The van der Waals surface area contributed by atoms with E-state index in [0.29, 0.717) is 28.1 Å². The van der Waals surface area contributed by atoms with Gasteiger partial charge in [0.25, 0.3) is 0 Å². The summed E-state index contributed by atoms with van der Waals surface area (Å²) in [6.45, 7) is 0.320. The number of benzene rings is 2.